The first kappa shape index (κ1) is 19.1. The summed E-state index contributed by atoms with van der Waals surface area (Å²) in [5, 5.41) is 4.30. The van der Waals surface area contributed by atoms with E-state index < -0.39 is 11.6 Å². The molecule has 4 rings (SSSR count). The summed E-state index contributed by atoms with van der Waals surface area (Å²) in [6.45, 7) is 5.75. The van der Waals surface area contributed by atoms with Crippen LogP contribution in [-0.4, -0.2) is 51.7 Å². The zero-order chi connectivity index (χ0) is 19.7. The van der Waals surface area contributed by atoms with Gasteiger partial charge in [0.1, 0.15) is 6.54 Å². The fourth-order valence-corrected chi connectivity index (χ4v) is 4.63. The van der Waals surface area contributed by atoms with Crippen LogP contribution >= 0.6 is 0 Å². The Bertz CT molecular complexity index is 868. The third kappa shape index (κ3) is 3.94. The number of carbonyl (C=O) groups is 1. The number of nitrogens with zero attached hydrogens (tertiary/aromatic N) is 4. The van der Waals surface area contributed by atoms with E-state index in [-0.39, 0.29) is 17.9 Å². The molecule has 2 aromatic rings. The Labute approximate surface area is 163 Å². The van der Waals surface area contributed by atoms with E-state index in [9.17, 15) is 13.6 Å². The van der Waals surface area contributed by atoms with E-state index in [1.165, 1.54) is 0 Å². The highest BCUT2D eigenvalue weighted by atomic mass is 19.2. The molecule has 0 bridgehead atoms. The number of benzene rings is 1. The minimum atomic E-state index is -0.796. The molecule has 2 saturated heterocycles. The topological polar surface area (TPSA) is 41.4 Å². The molecule has 0 saturated carbocycles. The molecule has 28 heavy (non-hydrogen) atoms. The lowest BCUT2D eigenvalue weighted by Crippen LogP contribution is -2.45. The highest BCUT2D eigenvalue weighted by Gasteiger charge is 2.42. The lowest BCUT2D eigenvalue weighted by atomic mass is 9.79. The minimum absolute atomic E-state index is 0.0533. The Morgan fingerprint density at radius 3 is 2.82 bits per heavy atom. The summed E-state index contributed by atoms with van der Waals surface area (Å²) in [5.41, 5.74) is 1.35. The molecule has 1 aromatic carbocycles. The summed E-state index contributed by atoms with van der Waals surface area (Å²) in [5.74, 6) is -1.45. The van der Waals surface area contributed by atoms with E-state index in [2.05, 4.69) is 10.00 Å². The van der Waals surface area contributed by atoms with E-state index >= 15 is 0 Å². The van der Waals surface area contributed by atoms with Crippen LogP contribution in [0.25, 0.3) is 0 Å². The summed E-state index contributed by atoms with van der Waals surface area (Å²) in [6, 6.07) is 6.25. The second-order valence-electron chi connectivity index (χ2n) is 8.25. The van der Waals surface area contributed by atoms with Crippen molar-refractivity contribution in [2.45, 2.75) is 39.3 Å². The third-order valence-corrected chi connectivity index (χ3v) is 6.03. The normalized spacial score (nSPS) is 22.9. The van der Waals surface area contributed by atoms with E-state index in [1.54, 1.807) is 16.8 Å². The quantitative estimate of drug-likeness (QED) is 0.809. The highest BCUT2D eigenvalue weighted by molar-refractivity contribution is 5.76. The number of amides is 1. The lowest BCUT2D eigenvalue weighted by Gasteiger charge is -2.40. The predicted octanol–water partition coefficient (Wildman–Crippen LogP) is 2.98. The van der Waals surface area contributed by atoms with Crippen LogP contribution in [0.2, 0.25) is 0 Å². The van der Waals surface area contributed by atoms with Crippen molar-refractivity contribution in [3.05, 3.63) is 53.4 Å². The number of aromatic nitrogens is 2. The fourth-order valence-electron chi connectivity index (χ4n) is 4.63. The largest absolute Gasteiger partial charge is 0.340 e. The first-order valence-electron chi connectivity index (χ1n) is 9.87. The first-order chi connectivity index (χ1) is 13.4. The van der Waals surface area contributed by atoms with E-state index in [0.29, 0.717) is 12.1 Å². The molecule has 2 fully saturated rings. The van der Waals surface area contributed by atoms with Crippen molar-refractivity contribution >= 4 is 5.91 Å². The summed E-state index contributed by atoms with van der Waals surface area (Å²) in [6.07, 6.45) is 4.87. The Morgan fingerprint density at radius 2 is 2.04 bits per heavy atom. The van der Waals surface area contributed by atoms with Crippen LogP contribution in [0.15, 0.2) is 30.5 Å². The minimum Gasteiger partial charge on any atom is -0.340 e. The Morgan fingerprint density at radius 1 is 1.18 bits per heavy atom. The van der Waals surface area contributed by atoms with Crippen LogP contribution < -0.4 is 0 Å². The van der Waals surface area contributed by atoms with Gasteiger partial charge in [-0.1, -0.05) is 12.1 Å². The van der Waals surface area contributed by atoms with Gasteiger partial charge in [0.15, 0.2) is 11.6 Å². The zero-order valence-corrected chi connectivity index (χ0v) is 16.2. The maximum atomic E-state index is 14.0. The number of hydrogen-bond donors (Lipinski definition) is 0. The number of likely N-dealkylation sites (tertiary alicyclic amines) is 2. The molecule has 1 amide bonds. The molecule has 5 nitrogen and oxygen atoms in total. The van der Waals surface area contributed by atoms with Gasteiger partial charge in [-0.05, 0) is 44.9 Å². The zero-order valence-electron chi connectivity index (χ0n) is 16.2. The molecule has 0 radical (unpaired) electrons. The van der Waals surface area contributed by atoms with Gasteiger partial charge in [-0.2, -0.15) is 5.10 Å². The average molecular weight is 388 g/mol. The van der Waals surface area contributed by atoms with Crippen molar-refractivity contribution in [2.24, 2.45) is 5.41 Å². The Balaban J connectivity index is 1.38. The summed E-state index contributed by atoms with van der Waals surface area (Å²) >= 11 is 0. The maximum absolute atomic E-state index is 14.0. The molecule has 0 N–H and O–H groups in total. The predicted molar refractivity (Wildman–Crippen MR) is 101 cm³/mol. The third-order valence-electron chi connectivity index (χ3n) is 6.03. The highest BCUT2D eigenvalue weighted by Crippen LogP contribution is 2.39. The first-order valence-corrected chi connectivity index (χ1v) is 9.87. The second kappa shape index (κ2) is 7.62. The summed E-state index contributed by atoms with van der Waals surface area (Å²) < 4.78 is 29.2. The van der Waals surface area contributed by atoms with E-state index in [0.717, 1.165) is 57.2 Å². The molecule has 2 aliphatic heterocycles. The number of hydrogen-bond acceptors (Lipinski definition) is 3. The van der Waals surface area contributed by atoms with Gasteiger partial charge in [0.2, 0.25) is 5.91 Å². The second-order valence-corrected chi connectivity index (χ2v) is 8.25. The number of rotatable bonds is 4. The van der Waals surface area contributed by atoms with Gasteiger partial charge in [0.25, 0.3) is 0 Å². The smallest absolute Gasteiger partial charge is 0.244 e. The van der Waals surface area contributed by atoms with Crippen LogP contribution in [0.1, 0.15) is 30.5 Å². The fraction of sp³-hybridized carbons (Fsp3) is 0.524. The van der Waals surface area contributed by atoms with Crippen LogP contribution in [0, 0.1) is 24.0 Å². The van der Waals surface area contributed by atoms with Crippen molar-refractivity contribution < 1.29 is 13.6 Å². The van der Waals surface area contributed by atoms with E-state index in [4.69, 9.17) is 0 Å². The molecule has 7 heteroatoms. The molecular formula is C21H26F2N4O. The van der Waals surface area contributed by atoms with Crippen LogP contribution in [0.4, 0.5) is 8.78 Å². The standard InChI is InChI=1S/C21H26F2N4O/c1-16-6-10-27(24-16)13-19(28)26-11-8-21(15-26)7-3-9-25(14-21)12-17-4-2-5-18(22)20(17)23/h2,4-6,10H,3,7-9,11-15H2,1H3/t21-/m0/s1. The van der Waals surface area contributed by atoms with Crippen molar-refractivity contribution in [1.82, 2.24) is 19.6 Å². The summed E-state index contributed by atoms with van der Waals surface area (Å²) in [7, 11) is 0. The number of aryl methyl sites for hydroxylation is 1. The van der Waals surface area contributed by atoms with Crippen molar-refractivity contribution in [1.29, 1.82) is 0 Å². The lowest BCUT2D eigenvalue weighted by molar-refractivity contribution is -0.131. The number of carbonyl (C=O) groups excluding carboxylic acids is 1. The SMILES string of the molecule is Cc1ccn(CC(=O)N2CC[C@]3(CCCN(Cc4cccc(F)c4F)C3)C2)n1. The molecule has 0 aliphatic carbocycles. The molecule has 3 heterocycles. The molecule has 1 aromatic heterocycles. The molecular weight excluding hydrogens is 362 g/mol. The maximum Gasteiger partial charge on any atom is 0.244 e. The van der Waals surface area contributed by atoms with Gasteiger partial charge in [0, 0.05) is 43.4 Å². The van der Waals surface area contributed by atoms with Crippen molar-refractivity contribution in [3.63, 3.8) is 0 Å². The van der Waals surface area contributed by atoms with Crippen molar-refractivity contribution in [2.75, 3.05) is 26.2 Å². The van der Waals surface area contributed by atoms with Gasteiger partial charge in [-0.15, -0.1) is 0 Å². The number of piperidine rings is 1. The van der Waals surface area contributed by atoms with Gasteiger partial charge in [0.05, 0.1) is 5.69 Å². The number of halogens is 2. The molecule has 2 aliphatic rings. The van der Waals surface area contributed by atoms with Gasteiger partial charge < -0.3 is 4.90 Å². The Kier molecular flexibility index (Phi) is 5.19. The van der Waals surface area contributed by atoms with Crippen LogP contribution in [0.5, 0.6) is 0 Å². The van der Waals surface area contributed by atoms with E-state index in [1.807, 2.05) is 24.1 Å². The monoisotopic (exact) mass is 388 g/mol. The van der Waals surface area contributed by atoms with Crippen molar-refractivity contribution in [3.8, 4) is 0 Å². The molecule has 1 spiro atoms. The van der Waals surface area contributed by atoms with Gasteiger partial charge in [-0.25, -0.2) is 8.78 Å². The van der Waals surface area contributed by atoms with Crippen LogP contribution in [-0.2, 0) is 17.9 Å². The van der Waals surface area contributed by atoms with Gasteiger partial charge in [-0.3, -0.25) is 14.4 Å². The Hall–Kier alpha value is -2.28. The molecule has 150 valence electrons. The molecule has 0 unspecified atom stereocenters. The average Bonchev–Trinajstić information content (AvgIpc) is 3.26. The van der Waals surface area contributed by atoms with Gasteiger partial charge >= 0.3 is 0 Å². The summed E-state index contributed by atoms with van der Waals surface area (Å²) in [4.78, 5) is 16.8. The molecule has 1 atom stereocenters. The van der Waals surface area contributed by atoms with Crippen LogP contribution in [0.3, 0.4) is 0 Å².